The van der Waals surface area contributed by atoms with Gasteiger partial charge in [0, 0.05) is 0 Å². The second-order valence-electron chi connectivity index (χ2n) is 2.27. The first-order valence-corrected chi connectivity index (χ1v) is 6.93. The molecule has 0 bridgehead atoms. The predicted octanol–water partition coefficient (Wildman–Crippen LogP) is 5.26. The Kier molecular flexibility index (Phi) is 4.79. The lowest BCUT2D eigenvalue weighted by molar-refractivity contribution is 1.34. The molecule has 0 radical (unpaired) electrons. The summed E-state index contributed by atoms with van der Waals surface area (Å²) in [6.45, 7) is 0. The molecule has 1 aromatic carbocycles. The molecule has 0 spiro atoms. The molecule has 4 heteroatoms. The Hall–Kier alpha value is 1.14. The number of rotatable bonds is 2. The van der Waals surface area contributed by atoms with E-state index >= 15 is 0 Å². The molecule has 0 saturated carbocycles. The van der Waals surface area contributed by atoms with Gasteiger partial charge in [0.1, 0.15) is 0 Å². The van der Waals surface area contributed by atoms with Crippen molar-refractivity contribution in [1.29, 1.82) is 0 Å². The second-order valence-corrected chi connectivity index (χ2v) is 8.39. The molecule has 0 atom stereocenters. The Balaban J connectivity index is 2.96. The summed E-state index contributed by atoms with van der Waals surface area (Å²) in [4.78, 5) is 0. The van der Waals surface area contributed by atoms with Gasteiger partial charge >= 0.3 is 0 Å². The van der Waals surface area contributed by atoms with Crippen LogP contribution in [0.2, 0.25) is 0 Å². The van der Waals surface area contributed by atoms with Crippen LogP contribution in [-0.2, 0) is 0 Å². The molecule has 0 saturated heterocycles. The Morgan fingerprint density at radius 3 is 1.58 bits per heavy atom. The summed E-state index contributed by atoms with van der Waals surface area (Å²) >= 11 is 13.8. The third-order valence-corrected chi connectivity index (χ3v) is 3.53. The van der Waals surface area contributed by atoms with Crippen molar-refractivity contribution in [2.75, 3.05) is 0 Å². The molecule has 12 heavy (non-hydrogen) atoms. The lowest BCUT2D eigenvalue weighted by Crippen LogP contribution is -1.84. The lowest BCUT2D eigenvalue weighted by Gasteiger charge is -2.06. The first-order chi connectivity index (χ1) is 5.61. The smallest absolute Gasteiger partial charge is 0.0712 e. The minimum absolute atomic E-state index is 0.226. The van der Waals surface area contributed by atoms with Crippen molar-refractivity contribution in [2.24, 2.45) is 0 Å². The van der Waals surface area contributed by atoms with E-state index in [0.717, 1.165) is 0 Å². The first-order valence-electron chi connectivity index (χ1n) is 3.27. The number of hydrogen-bond acceptors (Lipinski definition) is 0. The van der Waals surface area contributed by atoms with Gasteiger partial charge in [-0.15, -0.1) is 0 Å². The Morgan fingerprint density at radius 2 is 1.25 bits per heavy atom. The Morgan fingerprint density at radius 1 is 0.833 bits per heavy atom. The monoisotopic (exact) mass is 418 g/mol. The van der Waals surface area contributed by atoms with Gasteiger partial charge in [-0.2, -0.15) is 0 Å². The zero-order valence-corrected chi connectivity index (χ0v) is 12.3. The van der Waals surface area contributed by atoms with E-state index in [1.807, 2.05) is 6.07 Å². The standard InChI is InChI=1S/C8H6Br4/c9-7(10)5-2-1-3-6(4-5)8(11)12/h1-4,7-8H. The number of hydrogen-bond donors (Lipinski definition) is 0. The van der Waals surface area contributed by atoms with Crippen LogP contribution in [-0.4, -0.2) is 0 Å². The highest BCUT2D eigenvalue weighted by atomic mass is 79.9. The van der Waals surface area contributed by atoms with E-state index in [4.69, 9.17) is 0 Å². The summed E-state index contributed by atoms with van der Waals surface area (Å²) in [6, 6.07) is 8.30. The maximum absolute atomic E-state index is 3.45. The second kappa shape index (κ2) is 5.13. The minimum atomic E-state index is 0.226. The van der Waals surface area contributed by atoms with Crippen LogP contribution in [0.4, 0.5) is 0 Å². The van der Waals surface area contributed by atoms with Crippen LogP contribution < -0.4 is 0 Å². The van der Waals surface area contributed by atoms with Crippen LogP contribution in [0, 0.1) is 0 Å². The van der Waals surface area contributed by atoms with Crippen LogP contribution in [0.1, 0.15) is 18.6 Å². The highest BCUT2D eigenvalue weighted by Gasteiger charge is 2.06. The summed E-state index contributed by atoms with van der Waals surface area (Å²) in [5.41, 5.74) is 2.44. The number of benzene rings is 1. The molecule has 1 rings (SSSR count). The highest BCUT2D eigenvalue weighted by molar-refractivity contribution is 9.24. The first kappa shape index (κ1) is 11.2. The van der Waals surface area contributed by atoms with Gasteiger partial charge in [-0.25, -0.2) is 0 Å². The molecular weight excluding hydrogens is 416 g/mol. The molecule has 0 unspecified atom stereocenters. The quantitative estimate of drug-likeness (QED) is 0.571. The van der Waals surface area contributed by atoms with E-state index in [-0.39, 0.29) is 7.47 Å². The zero-order chi connectivity index (χ0) is 9.14. The van der Waals surface area contributed by atoms with Crippen molar-refractivity contribution < 1.29 is 0 Å². The van der Waals surface area contributed by atoms with Gasteiger partial charge in [0.25, 0.3) is 0 Å². The van der Waals surface area contributed by atoms with E-state index < -0.39 is 0 Å². The molecule has 0 nitrogen and oxygen atoms in total. The summed E-state index contributed by atoms with van der Waals surface area (Å²) in [6.07, 6.45) is 0. The van der Waals surface area contributed by atoms with Gasteiger partial charge in [-0.1, -0.05) is 88.0 Å². The van der Waals surface area contributed by atoms with Crippen LogP contribution in [0.3, 0.4) is 0 Å². The summed E-state index contributed by atoms with van der Waals surface area (Å²) in [7, 11) is 0. The predicted molar refractivity (Wildman–Crippen MR) is 67.6 cm³/mol. The summed E-state index contributed by atoms with van der Waals surface area (Å²) in [5, 5.41) is 0. The highest BCUT2D eigenvalue weighted by Crippen LogP contribution is 2.34. The van der Waals surface area contributed by atoms with E-state index in [1.54, 1.807) is 0 Å². The number of alkyl halides is 4. The molecule has 0 aliphatic carbocycles. The average molecular weight is 422 g/mol. The van der Waals surface area contributed by atoms with Gasteiger partial charge in [0.05, 0.1) is 7.47 Å². The zero-order valence-electron chi connectivity index (χ0n) is 5.98. The summed E-state index contributed by atoms with van der Waals surface area (Å²) in [5.74, 6) is 0. The van der Waals surface area contributed by atoms with Crippen LogP contribution in [0.25, 0.3) is 0 Å². The fourth-order valence-electron chi connectivity index (χ4n) is 0.830. The van der Waals surface area contributed by atoms with E-state index in [2.05, 4.69) is 81.9 Å². The van der Waals surface area contributed by atoms with Crippen molar-refractivity contribution in [3.05, 3.63) is 35.4 Å². The topological polar surface area (TPSA) is 0 Å². The molecule has 1 aromatic rings. The van der Waals surface area contributed by atoms with Crippen LogP contribution in [0.15, 0.2) is 24.3 Å². The van der Waals surface area contributed by atoms with Gasteiger partial charge in [-0.3, -0.25) is 0 Å². The molecule has 0 aromatic heterocycles. The maximum atomic E-state index is 3.45. The summed E-state index contributed by atoms with van der Waals surface area (Å²) < 4.78 is 0.451. The largest absolute Gasteiger partial charge is 0.0946 e. The van der Waals surface area contributed by atoms with Crippen molar-refractivity contribution in [3.63, 3.8) is 0 Å². The van der Waals surface area contributed by atoms with Gasteiger partial charge in [-0.05, 0) is 11.1 Å². The molecule has 0 amide bonds. The van der Waals surface area contributed by atoms with Gasteiger partial charge < -0.3 is 0 Å². The average Bonchev–Trinajstić information content (AvgIpc) is 2.04. The van der Waals surface area contributed by atoms with Crippen molar-refractivity contribution in [2.45, 2.75) is 7.47 Å². The number of halogens is 4. The maximum Gasteiger partial charge on any atom is 0.0946 e. The minimum Gasteiger partial charge on any atom is -0.0712 e. The molecule has 0 aliphatic heterocycles. The molecular formula is C8H6Br4. The molecule has 0 N–H and O–H groups in total. The van der Waals surface area contributed by atoms with Crippen molar-refractivity contribution >= 4 is 63.7 Å². The Labute approximate surface area is 106 Å². The van der Waals surface area contributed by atoms with Crippen LogP contribution in [0.5, 0.6) is 0 Å². The third kappa shape index (κ3) is 3.13. The van der Waals surface area contributed by atoms with E-state index in [0.29, 0.717) is 0 Å². The SMILES string of the molecule is BrC(Br)c1cccc(C(Br)Br)c1. The van der Waals surface area contributed by atoms with Crippen LogP contribution >= 0.6 is 63.7 Å². The lowest BCUT2D eigenvalue weighted by atomic mass is 10.2. The Bertz CT molecular complexity index is 234. The normalized spacial score (nSPS) is 11.2. The van der Waals surface area contributed by atoms with Gasteiger partial charge in [0.15, 0.2) is 0 Å². The van der Waals surface area contributed by atoms with Gasteiger partial charge in [0.2, 0.25) is 0 Å². The molecule has 0 heterocycles. The van der Waals surface area contributed by atoms with Crippen molar-refractivity contribution in [3.8, 4) is 0 Å². The fraction of sp³-hybridized carbons (Fsp3) is 0.250. The fourth-order valence-corrected chi connectivity index (χ4v) is 1.97. The van der Waals surface area contributed by atoms with E-state index in [9.17, 15) is 0 Å². The molecule has 0 aliphatic rings. The third-order valence-electron chi connectivity index (χ3n) is 1.41. The molecule has 66 valence electrons. The molecule has 0 fully saturated rings. The van der Waals surface area contributed by atoms with E-state index in [1.165, 1.54) is 11.1 Å². The van der Waals surface area contributed by atoms with Crippen molar-refractivity contribution in [1.82, 2.24) is 0 Å².